The summed E-state index contributed by atoms with van der Waals surface area (Å²) >= 11 is 0. The van der Waals surface area contributed by atoms with Crippen molar-refractivity contribution in [3.8, 4) is 0 Å². The highest BCUT2D eigenvalue weighted by Crippen LogP contribution is 2.17. The summed E-state index contributed by atoms with van der Waals surface area (Å²) in [6, 6.07) is 5.64. The number of carbonyl (C=O) groups excluding carboxylic acids is 1. The molecule has 1 fully saturated rings. The van der Waals surface area contributed by atoms with Crippen LogP contribution in [-0.4, -0.2) is 25.5 Å². The number of rotatable bonds is 3. The van der Waals surface area contributed by atoms with Crippen molar-refractivity contribution in [1.29, 1.82) is 0 Å². The van der Waals surface area contributed by atoms with Gasteiger partial charge in [0.25, 0.3) is 5.91 Å². The van der Waals surface area contributed by atoms with Crippen molar-refractivity contribution in [3.63, 3.8) is 0 Å². The molecule has 2 atom stereocenters. The lowest BCUT2D eigenvalue weighted by Crippen LogP contribution is -2.41. The van der Waals surface area contributed by atoms with E-state index >= 15 is 0 Å². The van der Waals surface area contributed by atoms with Crippen LogP contribution in [-0.2, 0) is 0 Å². The molecule has 0 bridgehead atoms. The number of hydrogen-bond donors (Lipinski definition) is 2. The Hall–Kier alpha value is -1.42. The van der Waals surface area contributed by atoms with Crippen LogP contribution in [0.15, 0.2) is 24.3 Å². The number of benzene rings is 1. The van der Waals surface area contributed by atoms with E-state index in [1.165, 1.54) is 24.3 Å². The van der Waals surface area contributed by atoms with Crippen LogP contribution in [0.1, 0.15) is 23.7 Å². The summed E-state index contributed by atoms with van der Waals surface area (Å²) in [6.07, 6.45) is 1.09. The molecule has 0 aromatic heterocycles. The zero-order chi connectivity index (χ0) is 13.0. The zero-order valence-electron chi connectivity index (χ0n) is 10.6. The van der Waals surface area contributed by atoms with Gasteiger partial charge in [0.15, 0.2) is 0 Å². The van der Waals surface area contributed by atoms with Crippen LogP contribution < -0.4 is 10.6 Å². The Labute approximate surface area is 107 Å². The van der Waals surface area contributed by atoms with Gasteiger partial charge in [0, 0.05) is 12.1 Å². The minimum atomic E-state index is -0.321. The molecule has 1 aromatic carbocycles. The van der Waals surface area contributed by atoms with E-state index in [4.69, 9.17) is 0 Å². The SMILES string of the molecule is CC1CNCCC1CNC(=O)c1ccc(F)cc1. The zero-order valence-corrected chi connectivity index (χ0v) is 10.6. The van der Waals surface area contributed by atoms with Gasteiger partial charge in [-0.05, 0) is 55.6 Å². The fourth-order valence-corrected chi connectivity index (χ4v) is 2.30. The molecule has 1 amide bonds. The largest absolute Gasteiger partial charge is 0.352 e. The van der Waals surface area contributed by atoms with Gasteiger partial charge >= 0.3 is 0 Å². The Morgan fingerprint density at radius 2 is 2.17 bits per heavy atom. The van der Waals surface area contributed by atoms with Crippen LogP contribution in [0.5, 0.6) is 0 Å². The van der Waals surface area contributed by atoms with Crippen molar-refractivity contribution in [3.05, 3.63) is 35.6 Å². The van der Waals surface area contributed by atoms with Crippen molar-refractivity contribution in [1.82, 2.24) is 10.6 Å². The van der Waals surface area contributed by atoms with Gasteiger partial charge in [0.2, 0.25) is 0 Å². The molecule has 0 saturated carbocycles. The van der Waals surface area contributed by atoms with Crippen LogP contribution in [0.25, 0.3) is 0 Å². The molecule has 1 saturated heterocycles. The normalized spacial score (nSPS) is 23.7. The summed E-state index contributed by atoms with van der Waals surface area (Å²) in [5, 5.41) is 6.27. The summed E-state index contributed by atoms with van der Waals surface area (Å²) in [6.45, 7) is 4.92. The van der Waals surface area contributed by atoms with Crippen molar-refractivity contribution in [2.24, 2.45) is 11.8 Å². The second-order valence-electron chi connectivity index (χ2n) is 4.95. The molecule has 2 N–H and O–H groups in total. The second kappa shape index (κ2) is 5.96. The first-order chi connectivity index (χ1) is 8.66. The van der Waals surface area contributed by atoms with Crippen LogP contribution >= 0.6 is 0 Å². The molecule has 2 rings (SSSR count). The lowest BCUT2D eigenvalue weighted by atomic mass is 9.88. The highest BCUT2D eigenvalue weighted by Gasteiger charge is 2.21. The third-order valence-corrected chi connectivity index (χ3v) is 3.59. The molecular weight excluding hydrogens is 231 g/mol. The van der Waals surface area contributed by atoms with E-state index in [-0.39, 0.29) is 11.7 Å². The Balaban J connectivity index is 1.86. The Kier molecular flexibility index (Phi) is 4.31. The predicted molar refractivity (Wildman–Crippen MR) is 68.9 cm³/mol. The highest BCUT2D eigenvalue weighted by molar-refractivity contribution is 5.94. The summed E-state index contributed by atoms with van der Waals surface area (Å²) in [5.74, 6) is 0.655. The number of halogens is 1. The molecule has 0 aliphatic carbocycles. The lowest BCUT2D eigenvalue weighted by Gasteiger charge is -2.29. The van der Waals surface area contributed by atoms with Gasteiger partial charge in [-0.15, -0.1) is 0 Å². The third-order valence-electron chi connectivity index (χ3n) is 3.59. The molecule has 1 aliphatic rings. The summed E-state index contributed by atoms with van der Waals surface area (Å²) in [5.41, 5.74) is 0.512. The molecule has 18 heavy (non-hydrogen) atoms. The minimum absolute atomic E-state index is 0.124. The number of amides is 1. The van der Waals surface area contributed by atoms with Crippen LogP contribution in [0.4, 0.5) is 4.39 Å². The van der Waals surface area contributed by atoms with Gasteiger partial charge in [-0.1, -0.05) is 6.92 Å². The van der Waals surface area contributed by atoms with Crippen molar-refractivity contribution in [2.75, 3.05) is 19.6 Å². The molecule has 0 radical (unpaired) electrons. The van der Waals surface area contributed by atoms with Gasteiger partial charge in [-0.3, -0.25) is 4.79 Å². The van der Waals surface area contributed by atoms with E-state index in [1.807, 2.05) is 0 Å². The van der Waals surface area contributed by atoms with E-state index in [0.717, 1.165) is 19.5 Å². The maximum atomic E-state index is 12.7. The predicted octanol–water partition coefficient (Wildman–Crippen LogP) is 1.80. The Bertz CT molecular complexity index is 405. The smallest absolute Gasteiger partial charge is 0.251 e. The maximum Gasteiger partial charge on any atom is 0.251 e. The molecule has 0 spiro atoms. The van der Waals surface area contributed by atoms with E-state index in [0.29, 0.717) is 23.9 Å². The number of hydrogen-bond acceptors (Lipinski definition) is 2. The first-order valence-electron chi connectivity index (χ1n) is 6.41. The van der Waals surface area contributed by atoms with Gasteiger partial charge in [-0.25, -0.2) is 4.39 Å². The average Bonchev–Trinajstić information content (AvgIpc) is 2.38. The molecule has 3 nitrogen and oxygen atoms in total. The van der Waals surface area contributed by atoms with Crippen molar-refractivity contribution < 1.29 is 9.18 Å². The fourth-order valence-electron chi connectivity index (χ4n) is 2.30. The Morgan fingerprint density at radius 3 is 2.83 bits per heavy atom. The number of carbonyl (C=O) groups is 1. The second-order valence-corrected chi connectivity index (χ2v) is 4.95. The fraction of sp³-hybridized carbons (Fsp3) is 0.500. The van der Waals surface area contributed by atoms with Gasteiger partial charge in [-0.2, -0.15) is 0 Å². The van der Waals surface area contributed by atoms with Crippen molar-refractivity contribution >= 4 is 5.91 Å². The number of nitrogens with one attached hydrogen (secondary N) is 2. The van der Waals surface area contributed by atoms with Gasteiger partial charge < -0.3 is 10.6 Å². The van der Waals surface area contributed by atoms with Crippen LogP contribution in [0, 0.1) is 17.7 Å². The van der Waals surface area contributed by atoms with E-state index in [1.54, 1.807) is 0 Å². The lowest BCUT2D eigenvalue weighted by molar-refractivity contribution is 0.0938. The summed E-state index contributed by atoms with van der Waals surface area (Å²) < 4.78 is 12.7. The van der Waals surface area contributed by atoms with E-state index < -0.39 is 0 Å². The standard InChI is InChI=1S/C14H19FN2O/c1-10-8-16-7-6-12(10)9-17-14(18)11-2-4-13(15)5-3-11/h2-5,10,12,16H,6-9H2,1H3,(H,17,18). The molecule has 1 aliphatic heterocycles. The van der Waals surface area contributed by atoms with E-state index in [2.05, 4.69) is 17.6 Å². The molecule has 98 valence electrons. The average molecular weight is 250 g/mol. The topological polar surface area (TPSA) is 41.1 Å². The van der Waals surface area contributed by atoms with E-state index in [9.17, 15) is 9.18 Å². The molecule has 1 heterocycles. The monoisotopic (exact) mass is 250 g/mol. The number of piperidine rings is 1. The van der Waals surface area contributed by atoms with Crippen molar-refractivity contribution in [2.45, 2.75) is 13.3 Å². The van der Waals surface area contributed by atoms with Gasteiger partial charge in [0.05, 0.1) is 0 Å². The van der Waals surface area contributed by atoms with Crippen LogP contribution in [0.2, 0.25) is 0 Å². The van der Waals surface area contributed by atoms with Crippen LogP contribution in [0.3, 0.4) is 0 Å². The quantitative estimate of drug-likeness (QED) is 0.859. The molecule has 1 aromatic rings. The minimum Gasteiger partial charge on any atom is -0.352 e. The summed E-state index contributed by atoms with van der Waals surface area (Å²) in [7, 11) is 0. The first-order valence-corrected chi connectivity index (χ1v) is 6.41. The molecule has 4 heteroatoms. The maximum absolute atomic E-state index is 12.7. The third kappa shape index (κ3) is 3.29. The Morgan fingerprint density at radius 1 is 1.44 bits per heavy atom. The summed E-state index contributed by atoms with van der Waals surface area (Å²) in [4.78, 5) is 11.9. The highest BCUT2D eigenvalue weighted by atomic mass is 19.1. The van der Waals surface area contributed by atoms with Gasteiger partial charge in [0.1, 0.15) is 5.82 Å². The molecule has 2 unspecified atom stereocenters. The first kappa shape index (κ1) is 13.0. The molecular formula is C14H19FN2O.